The molecule has 1 N–H and O–H groups in total. The van der Waals surface area contributed by atoms with Gasteiger partial charge in [0.2, 0.25) is 0 Å². The van der Waals surface area contributed by atoms with Crippen molar-refractivity contribution in [1.29, 1.82) is 0 Å². The highest BCUT2D eigenvalue weighted by Crippen LogP contribution is 2.42. The van der Waals surface area contributed by atoms with Gasteiger partial charge >= 0.3 is 24.7 Å². The standard InChI is InChI=1S/2C26H28F6O3.C7H14O2/c1-18(19-14-21(25(27,28)29)16-22(15-19)26(30,31)32)35-17-24(2,20-8-4-3-5-9-20)11-6-10-23-33-12-7-13-34-23;1-18(19-13-21(25(27,28)29)15-22(14-19)26(30,31)32)35-17-24(20-7-3-2-4-8-20)10-5-9-23(16-24)34-12-6-11-33;1-2-4-7-8-5-3-6-9-7/h3-6,8-9,11,14-16,18,23H,7,10,12-13,17H2,1-2H3;2-5,7-8,10,13-15,18,23,33H,6,9,11-12,16-17H2,1H3;7H,2-6H2,1H3/b11-6-;;/t18-,24+;18-,23?,24-;/m11./s1. The molecule has 4 aromatic rings. The summed E-state index contributed by atoms with van der Waals surface area (Å²) >= 11 is 0. The lowest BCUT2D eigenvalue weighted by Gasteiger charge is -2.38. The average Bonchev–Trinajstić information content (AvgIpc) is 3.57. The van der Waals surface area contributed by atoms with Crippen LogP contribution in [0.15, 0.2) is 121 Å². The lowest BCUT2D eigenvalue weighted by Crippen LogP contribution is -2.38. The molecule has 0 radical (unpaired) electrons. The molecule has 2 saturated heterocycles. The van der Waals surface area contributed by atoms with Crippen molar-refractivity contribution >= 4 is 0 Å². The van der Waals surface area contributed by atoms with E-state index < -0.39 is 70.0 Å². The second-order valence-corrected chi connectivity index (χ2v) is 19.8. The summed E-state index contributed by atoms with van der Waals surface area (Å²) in [6.07, 6.45) is -8.21. The summed E-state index contributed by atoms with van der Waals surface area (Å²) in [4.78, 5) is 0. The van der Waals surface area contributed by atoms with Crippen molar-refractivity contribution in [2.75, 3.05) is 52.9 Å². The fourth-order valence-corrected chi connectivity index (χ4v) is 8.91. The van der Waals surface area contributed by atoms with Crippen molar-refractivity contribution in [2.45, 2.75) is 145 Å². The highest BCUT2D eigenvalue weighted by Gasteiger charge is 2.41. The molecule has 0 aromatic heterocycles. The second-order valence-electron chi connectivity index (χ2n) is 19.8. The molecule has 5 atom stereocenters. The highest BCUT2D eigenvalue weighted by molar-refractivity contribution is 5.37. The molecule has 0 saturated carbocycles. The van der Waals surface area contributed by atoms with Gasteiger partial charge in [0, 0.05) is 30.5 Å². The van der Waals surface area contributed by atoms with E-state index in [2.05, 4.69) is 6.92 Å². The zero-order valence-electron chi connectivity index (χ0n) is 44.6. The van der Waals surface area contributed by atoms with Crippen molar-refractivity contribution in [2.24, 2.45) is 0 Å². The van der Waals surface area contributed by atoms with Gasteiger partial charge < -0.3 is 38.3 Å². The topological polar surface area (TPSA) is 84.8 Å². The minimum Gasteiger partial charge on any atom is -0.396 e. The van der Waals surface area contributed by atoms with Gasteiger partial charge in [-0.25, -0.2) is 0 Å². The minimum absolute atomic E-state index is 0.00389. The van der Waals surface area contributed by atoms with Crippen molar-refractivity contribution in [3.05, 3.63) is 166 Å². The fourth-order valence-electron chi connectivity index (χ4n) is 8.91. The Morgan fingerprint density at radius 2 is 1.10 bits per heavy atom. The van der Waals surface area contributed by atoms with Crippen molar-refractivity contribution in [1.82, 2.24) is 0 Å². The third kappa shape index (κ3) is 20.6. The van der Waals surface area contributed by atoms with Gasteiger partial charge in [0.25, 0.3) is 0 Å². The quantitative estimate of drug-likeness (QED) is 0.0565. The SMILES string of the molecule is CCCC1OCCCO1.C[C@@H](OC[C@@]1(c2ccccc2)C=CCC(OCCCO)C1)c1cc(C(F)(F)F)cc(C(F)(F)F)c1.C[C@@H](OC[C@](C)(/C=C\CC1OCCCO1)c1ccccc1)c1cc(C(F)(F)F)cc(C(F)(F)F)c1. The number of hydrogen-bond acceptors (Lipinski definition) is 8. The summed E-state index contributed by atoms with van der Waals surface area (Å²) in [5.41, 5.74) is -5.46. The molecule has 4 aromatic carbocycles. The smallest absolute Gasteiger partial charge is 0.396 e. The molecule has 0 bridgehead atoms. The minimum atomic E-state index is -4.92. The number of aliphatic hydroxyl groups is 1. The Labute approximate surface area is 454 Å². The molecule has 3 aliphatic rings. The first-order valence-electron chi connectivity index (χ1n) is 26.2. The molecule has 2 fully saturated rings. The van der Waals surface area contributed by atoms with E-state index >= 15 is 0 Å². The Bertz CT molecular complexity index is 2400. The van der Waals surface area contributed by atoms with Gasteiger partial charge in [0.05, 0.1) is 80.2 Å². The van der Waals surface area contributed by atoms with Crippen molar-refractivity contribution in [3.8, 4) is 0 Å². The molecule has 8 nitrogen and oxygen atoms in total. The number of benzene rings is 4. The summed E-state index contributed by atoms with van der Waals surface area (Å²) in [5, 5.41) is 9.01. The van der Waals surface area contributed by atoms with Gasteiger partial charge in [0.15, 0.2) is 12.6 Å². The molecule has 1 unspecified atom stereocenters. The summed E-state index contributed by atoms with van der Waals surface area (Å²) in [6, 6.07) is 21.7. The van der Waals surface area contributed by atoms with Crippen LogP contribution in [0.2, 0.25) is 0 Å². The van der Waals surface area contributed by atoms with E-state index in [4.69, 9.17) is 38.3 Å². The number of hydrogen-bond donors (Lipinski definition) is 1. The molecular formula is C59H70F12O8. The largest absolute Gasteiger partial charge is 0.416 e. The van der Waals surface area contributed by atoms with Crippen LogP contribution < -0.4 is 0 Å². The van der Waals surface area contributed by atoms with E-state index in [1.165, 1.54) is 13.8 Å². The number of rotatable bonds is 19. The molecule has 20 heteroatoms. The van der Waals surface area contributed by atoms with Crippen LogP contribution >= 0.6 is 0 Å². The van der Waals surface area contributed by atoms with Crippen LogP contribution in [-0.2, 0) is 68.7 Å². The van der Waals surface area contributed by atoms with Gasteiger partial charge in [-0.2, -0.15) is 52.7 Å². The molecule has 7 rings (SSSR count). The monoisotopic (exact) mass is 1130 g/mol. The fraction of sp³-hybridized carbons (Fsp3) is 0.525. The Morgan fingerprint density at radius 3 is 1.57 bits per heavy atom. The zero-order valence-corrected chi connectivity index (χ0v) is 44.6. The molecule has 79 heavy (non-hydrogen) atoms. The molecule has 1 aliphatic carbocycles. The van der Waals surface area contributed by atoms with Crippen LogP contribution in [0, 0.1) is 0 Å². The molecule has 0 spiro atoms. The van der Waals surface area contributed by atoms with E-state index in [1.54, 1.807) is 0 Å². The van der Waals surface area contributed by atoms with Crippen LogP contribution in [0.3, 0.4) is 0 Å². The third-order valence-electron chi connectivity index (χ3n) is 13.4. The lowest BCUT2D eigenvalue weighted by molar-refractivity contribution is -0.181. The number of ether oxygens (including phenoxy) is 7. The molecule has 2 heterocycles. The number of halogens is 12. The van der Waals surface area contributed by atoms with Crippen LogP contribution in [-0.4, -0.2) is 76.6 Å². The Balaban J connectivity index is 0.000000250. The van der Waals surface area contributed by atoms with Gasteiger partial charge in [0.1, 0.15) is 0 Å². The summed E-state index contributed by atoms with van der Waals surface area (Å²) < 4.78 is 199. The van der Waals surface area contributed by atoms with Crippen molar-refractivity contribution < 1.29 is 90.9 Å². The predicted molar refractivity (Wildman–Crippen MR) is 273 cm³/mol. The van der Waals surface area contributed by atoms with E-state index in [1.807, 2.05) is 91.9 Å². The first-order valence-corrected chi connectivity index (χ1v) is 26.2. The van der Waals surface area contributed by atoms with E-state index in [0.717, 1.165) is 50.0 Å². The normalized spacial score (nSPS) is 20.4. The van der Waals surface area contributed by atoms with Gasteiger partial charge in [-0.1, -0.05) is 98.3 Å². The Hall–Kier alpha value is -4.80. The van der Waals surface area contributed by atoms with Crippen LogP contribution in [0.1, 0.15) is 136 Å². The predicted octanol–water partition coefficient (Wildman–Crippen LogP) is 15.9. The third-order valence-corrected chi connectivity index (χ3v) is 13.4. The van der Waals surface area contributed by atoms with E-state index in [9.17, 15) is 52.7 Å². The van der Waals surface area contributed by atoms with Crippen molar-refractivity contribution in [3.63, 3.8) is 0 Å². The maximum Gasteiger partial charge on any atom is 0.416 e. The van der Waals surface area contributed by atoms with Gasteiger partial charge in [-0.3, -0.25) is 0 Å². The molecular weight excluding hydrogens is 1060 g/mol. The molecule has 2 aliphatic heterocycles. The average molecular weight is 1140 g/mol. The van der Waals surface area contributed by atoms with Crippen LogP contribution in [0.25, 0.3) is 0 Å². The first-order chi connectivity index (χ1) is 37.3. The maximum absolute atomic E-state index is 13.3. The van der Waals surface area contributed by atoms with E-state index in [-0.39, 0.29) is 61.8 Å². The highest BCUT2D eigenvalue weighted by atomic mass is 19.4. The number of alkyl halides is 12. The zero-order chi connectivity index (χ0) is 57.9. The summed E-state index contributed by atoms with van der Waals surface area (Å²) in [7, 11) is 0. The van der Waals surface area contributed by atoms with Crippen LogP contribution in [0.5, 0.6) is 0 Å². The summed E-state index contributed by atoms with van der Waals surface area (Å²) in [6.45, 7) is 10.3. The number of aliphatic hydroxyl groups excluding tert-OH is 1. The molecule has 0 amide bonds. The lowest BCUT2D eigenvalue weighted by atomic mass is 9.73. The van der Waals surface area contributed by atoms with Crippen LogP contribution in [0.4, 0.5) is 52.7 Å². The van der Waals surface area contributed by atoms with Gasteiger partial charge in [-0.15, -0.1) is 0 Å². The Kier molecular flexibility index (Phi) is 24.5. The van der Waals surface area contributed by atoms with Gasteiger partial charge in [-0.05, 0) is 118 Å². The molecule has 438 valence electrons. The Morgan fingerprint density at radius 1 is 0.633 bits per heavy atom. The van der Waals surface area contributed by atoms with E-state index in [0.29, 0.717) is 69.8 Å². The first kappa shape index (κ1) is 65.0. The summed E-state index contributed by atoms with van der Waals surface area (Å²) in [5.74, 6) is 0. The maximum atomic E-state index is 13.3. The second kappa shape index (κ2) is 29.8.